The third-order valence-electron chi connectivity index (χ3n) is 5.86. The van der Waals surface area contributed by atoms with Crippen molar-refractivity contribution in [2.45, 2.75) is 51.7 Å². The third kappa shape index (κ3) is 7.94. The van der Waals surface area contributed by atoms with Crippen molar-refractivity contribution in [3.8, 4) is 0 Å². The first-order chi connectivity index (χ1) is 18.5. The summed E-state index contributed by atoms with van der Waals surface area (Å²) in [4.78, 5) is 27.0. The number of sulfonamides is 1. The van der Waals surface area contributed by atoms with Gasteiger partial charge in [0.15, 0.2) is 0 Å². The van der Waals surface area contributed by atoms with E-state index in [0.29, 0.717) is 18.5 Å². The van der Waals surface area contributed by atoms with Crippen LogP contribution in [0, 0.1) is 20.8 Å². The number of likely N-dealkylation sites (N-methyl/N-ethyl adjacent to an activating group) is 1. The largest absolute Gasteiger partial charge is 0.490 e. The maximum absolute atomic E-state index is 12.8. The van der Waals surface area contributed by atoms with Crippen molar-refractivity contribution in [3.05, 3.63) is 64.6 Å². The van der Waals surface area contributed by atoms with E-state index in [-0.39, 0.29) is 22.0 Å². The predicted octanol–water partition coefficient (Wildman–Crippen LogP) is 4.03. The molecule has 3 aromatic rings. The van der Waals surface area contributed by atoms with Crippen LogP contribution in [-0.4, -0.2) is 65.1 Å². The van der Waals surface area contributed by atoms with Gasteiger partial charge in [-0.3, -0.25) is 9.40 Å². The van der Waals surface area contributed by atoms with Gasteiger partial charge in [0.25, 0.3) is 10.0 Å². The van der Waals surface area contributed by atoms with Crippen molar-refractivity contribution < 1.29 is 41.4 Å². The molecule has 0 atom stereocenters. The lowest BCUT2D eigenvalue weighted by molar-refractivity contribution is -0.192. The minimum atomic E-state index is -5.08. The zero-order valence-corrected chi connectivity index (χ0v) is 23.3. The van der Waals surface area contributed by atoms with Gasteiger partial charge in [-0.2, -0.15) is 18.3 Å². The Morgan fingerprint density at radius 3 is 2.23 bits per heavy atom. The topological polar surface area (TPSA) is 155 Å². The number of aromatic carboxylic acids is 1. The number of nitrogens with one attached hydrogen (secondary N) is 1. The van der Waals surface area contributed by atoms with E-state index in [1.165, 1.54) is 18.3 Å². The first-order valence-electron chi connectivity index (χ1n) is 11.9. The summed E-state index contributed by atoms with van der Waals surface area (Å²) in [5, 5.41) is 21.4. The van der Waals surface area contributed by atoms with Crippen molar-refractivity contribution in [1.82, 2.24) is 14.8 Å². The number of carboxylic acids is 2. The Morgan fingerprint density at radius 2 is 1.73 bits per heavy atom. The number of hydrogen-bond acceptors (Lipinski definition) is 7. The van der Waals surface area contributed by atoms with Crippen LogP contribution in [0.25, 0.3) is 0 Å². The summed E-state index contributed by atoms with van der Waals surface area (Å²) in [6, 6.07) is 7.87. The van der Waals surface area contributed by atoms with Crippen LogP contribution in [0.1, 0.15) is 39.8 Å². The molecule has 3 N–H and O–H groups in total. The maximum Gasteiger partial charge on any atom is 0.490 e. The summed E-state index contributed by atoms with van der Waals surface area (Å²) in [6.07, 6.45) is -3.07. The van der Waals surface area contributed by atoms with E-state index in [2.05, 4.69) is 14.8 Å². The van der Waals surface area contributed by atoms with Gasteiger partial charge in [-0.25, -0.2) is 23.0 Å². The Labute approximate surface area is 229 Å². The maximum atomic E-state index is 12.8. The Bertz CT molecular complexity index is 1490. The summed E-state index contributed by atoms with van der Waals surface area (Å²) in [5.41, 5.74) is 3.77. The normalized spacial score (nSPS) is 11.4. The van der Waals surface area contributed by atoms with Crippen LogP contribution in [0.3, 0.4) is 0 Å². The molecule has 1 aromatic carbocycles. The molecule has 0 amide bonds. The molecule has 3 rings (SSSR count). The van der Waals surface area contributed by atoms with E-state index in [1.54, 1.807) is 37.1 Å². The van der Waals surface area contributed by atoms with Crippen LogP contribution in [-0.2, 0) is 27.8 Å². The lowest BCUT2D eigenvalue weighted by Crippen LogP contribution is -2.24. The standard InChI is InChI=1S/C23H29N5O4S.C2HF3O2/c1-6-28-17(4)19(16(3)25-28)11-12-27(5)22-20(23(29)30)13-18(14-24-22)26-33(31,32)21-10-8-7-9-15(21)2;3-2(4,5)1(6)7/h7-10,13-14,26H,6,11-12H2,1-5H3,(H,29,30);(H,6,7). The highest BCUT2D eigenvalue weighted by Crippen LogP contribution is 2.24. The van der Waals surface area contributed by atoms with Crippen LogP contribution in [0.5, 0.6) is 0 Å². The quantitative estimate of drug-likeness (QED) is 0.338. The van der Waals surface area contributed by atoms with Gasteiger partial charge in [0.2, 0.25) is 0 Å². The first-order valence-corrected chi connectivity index (χ1v) is 13.3. The zero-order valence-electron chi connectivity index (χ0n) is 22.4. The zero-order chi connectivity index (χ0) is 30.4. The minimum Gasteiger partial charge on any atom is -0.478 e. The Kier molecular flexibility index (Phi) is 10.3. The average molecular weight is 586 g/mol. The van der Waals surface area contributed by atoms with E-state index in [1.807, 2.05) is 25.5 Å². The molecule has 218 valence electrons. The summed E-state index contributed by atoms with van der Waals surface area (Å²) >= 11 is 0. The number of carbonyl (C=O) groups is 2. The third-order valence-corrected chi connectivity index (χ3v) is 7.41. The predicted molar refractivity (Wildman–Crippen MR) is 141 cm³/mol. The molecule has 0 fully saturated rings. The Morgan fingerprint density at radius 1 is 1.12 bits per heavy atom. The van der Waals surface area contributed by atoms with Gasteiger partial charge in [0.1, 0.15) is 11.4 Å². The van der Waals surface area contributed by atoms with Crippen molar-refractivity contribution in [2.75, 3.05) is 23.2 Å². The van der Waals surface area contributed by atoms with E-state index in [0.717, 1.165) is 23.5 Å². The second-order valence-electron chi connectivity index (χ2n) is 8.71. The molecular formula is C25H30F3N5O6S. The molecule has 0 bridgehead atoms. The van der Waals surface area contributed by atoms with Gasteiger partial charge in [-0.05, 0) is 57.4 Å². The number of nitrogens with zero attached hydrogens (tertiary/aromatic N) is 4. The van der Waals surface area contributed by atoms with Crippen molar-refractivity contribution in [1.29, 1.82) is 0 Å². The van der Waals surface area contributed by atoms with E-state index in [4.69, 9.17) is 9.90 Å². The highest BCUT2D eigenvalue weighted by Gasteiger charge is 2.38. The van der Waals surface area contributed by atoms with E-state index >= 15 is 0 Å². The number of pyridine rings is 1. The molecule has 0 aliphatic rings. The number of anilines is 2. The van der Waals surface area contributed by atoms with Crippen molar-refractivity contribution in [3.63, 3.8) is 0 Å². The molecule has 0 unspecified atom stereocenters. The summed E-state index contributed by atoms with van der Waals surface area (Å²) in [5.74, 6) is -3.68. The molecule has 2 heterocycles. The van der Waals surface area contributed by atoms with Crippen LogP contribution >= 0.6 is 0 Å². The fourth-order valence-corrected chi connectivity index (χ4v) is 5.11. The highest BCUT2D eigenvalue weighted by atomic mass is 32.2. The van der Waals surface area contributed by atoms with E-state index < -0.39 is 28.1 Å². The smallest absolute Gasteiger partial charge is 0.478 e. The second-order valence-corrected chi connectivity index (χ2v) is 10.4. The number of hydrogen-bond donors (Lipinski definition) is 3. The monoisotopic (exact) mass is 585 g/mol. The number of carboxylic acid groups (broad SMARTS) is 2. The van der Waals surface area contributed by atoms with Crippen LogP contribution in [0.15, 0.2) is 41.4 Å². The molecule has 0 saturated heterocycles. The number of alkyl halides is 3. The van der Waals surface area contributed by atoms with Crippen molar-refractivity contribution in [2.24, 2.45) is 0 Å². The van der Waals surface area contributed by atoms with Gasteiger partial charge >= 0.3 is 18.1 Å². The van der Waals surface area contributed by atoms with Crippen LogP contribution < -0.4 is 9.62 Å². The molecule has 0 saturated carbocycles. The van der Waals surface area contributed by atoms with Gasteiger partial charge in [0.05, 0.1) is 22.5 Å². The van der Waals surface area contributed by atoms with E-state index in [9.17, 15) is 31.5 Å². The molecule has 0 aliphatic carbocycles. The summed E-state index contributed by atoms with van der Waals surface area (Å²) in [7, 11) is -2.12. The molecule has 0 spiro atoms. The fraction of sp³-hybridized carbons (Fsp3) is 0.360. The SMILES string of the molecule is CCn1nc(C)c(CCN(C)c2ncc(NS(=O)(=O)c3ccccc3C)cc2C(=O)O)c1C.O=C(O)C(F)(F)F. The molecule has 0 radical (unpaired) electrons. The number of benzene rings is 1. The lowest BCUT2D eigenvalue weighted by Gasteiger charge is -2.21. The van der Waals surface area contributed by atoms with Gasteiger partial charge in [-0.15, -0.1) is 0 Å². The number of rotatable bonds is 9. The molecule has 40 heavy (non-hydrogen) atoms. The molecule has 0 aliphatic heterocycles. The van der Waals surface area contributed by atoms with Crippen LogP contribution in [0.4, 0.5) is 24.7 Å². The number of halogens is 3. The fourth-order valence-electron chi connectivity index (χ4n) is 3.83. The Hall–Kier alpha value is -4.14. The molecule has 11 nitrogen and oxygen atoms in total. The number of aliphatic carboxylic acids is 1. The highest BCUT2D eigenvalue weighted by molar-refractivity contribution is 7.92. The van der Waals surface area contributed by atoms with Gasteiger partial charge < -0.3 is 15.1 Å². The van der Waals surface area contributed by atoms with Crippen LogP contribution in [0.2, 0.25) is 0 Å². The number of aryl methyl sites for hydroxylation is 3. The second kappa shape index (κ2) is 12.8. The van der Waals surface area contributed by atoms with Gasteiger partial charge in [-0.1, -0.05) is 18.2 Å². The number of aromatic nitrogens is 3. The van der Waals surface area contributed by atoms with Gasteiger partial charge in [0, 0.05) is 25.8 Å². The first kappa shape index (κ1) is 32.1. The molecular weight excluding hydrogens is 555 g/mol. The average Bonchev–Trinajstić information content (AvgIpc) is 3.14. The molecule has 2 aromatic heterocycles. The summed E-state index contributed by atoms with van der Waals surface area (Å²) in [6.45, 7) is 9.03. The lowest BCUT2D eigenvalue weighted by atomic mass is 10.1. The minimum absolute atomic E-state index is 0.0832. The Balaban J connectivity index is 0.000000708. The molecule has 15 heteroatoms. The summed E-state index contributed by atoms with van der Waals surface area (Å²) < 4.78 is 61.7. The van der Waals surface area contributed by atoms with Crippen molar-refractivity contribution >= 4 is 33.5 Å².